The van der Waals surface area contributed by atoms with Crippen LogP contribution in [-0.2, 0) is 6.54 Å². The molecule has 4 N–H and O–H groups in total. The fourth-order valence-corrected chi connectivity index (χ4v) is 3.59. The largest absolute Gasteiger partial charge is 0.454 e. The third-order valence-electron chi connectivity index (χ3n) is 5.53. The first-order valence-corrected chi connectivity index (χ1v) is 10.7. The van der Waals surface area contributed by atoms with Crippen molar-refractivity contribution in [2.45, 2.75) is 39.7 Å². The molecule has 2 aromatic heterocycles. The van der Waals surface area contributed by atoms with Crippen molar-refractivity contribution in [1.82, 2.24) is 14.5 Å². The summed E-state index contributed by atoms with van der Waals surface area (Å²) in [5, 5.41) is 6.89. The number of benzene rings is 1. The maximum absolute atomic E-state index is 5.78. The molecular formula is C22H30N6O2. The fourth-order valence-electron chi connectivity index (χ4n) is 3.59. The molecule has 1 aromatic carbocycles. The van der Waals surface area contributed by atoms with Crippen LogP contribution in [-0.4, -0.2) is 34.4 Å². The zero-order valence-corrected chi connectivity index (χ0v) is 17.6. The van der Waals surface area contributed by atoms with Crippen LogP contribution >= 0.6 is 0 Å². The highest BCUT2D eigenvalue weighted by Crippen LogP contribution is 2.35. The van der Waals surface area contributed by atoms with E-state index in [1.54, 1.807) is 0 Å². The molecule has 0 amide bonds. The average molecular weight is 411 g/mol. The van der Waals surface area contributed by atoms with E-state index in [1.165, 1.54) is 0 Å². The maximum atomic E-state index is 5.78. The molecule has 30 heavy (non-hydrogen) atoms. The Labute approximate surface area is 176 Å². The van der Waals surface area contributed by atoms with Crippen molar-refractivity contribution in [3.8, 4) is 11.5 Å². The highest BCUT2D eigenvalue weighted by atomic mass is 16.7. The SMILES string of the molecule is CCC(CC)CNc1ccc2nc(Nc3ccc4c(c3)OCO4)n(CCCN)c2n1. The number of rotatable bonds is 10. The summed E-state index contributed by atoms with van der Waals surface area (Å²) >= 11 is 0. The Morgan fingerprint density at radius 2 is 1.93 bits per heavy atom. The number of hydrogen-bond acceptors (Lipinski definition) is 7. The first kappa shape index (κ1) is 20.3. The van der Waals surface area contributed by atoms with E-state index in [0.717, 1.165) is 72.5 Å². The van der Waals surface area contributed by atoms with Crippen LogP contribution in [0.4, 0.5) is 17.5 Å². The molecule has 1 aliphatic heterocycles. The van der Waals surface area contributed by atoms with E-state index in [4.69, 9.17) is 25.2 Å². The minimum absolute atomic E-state index is 0.254. The van der Waals surface area contributed by atoms with Crippen LogP contribution in [0.3, 0.4) is 0 Å². The van der Waals surface area contributed by atoms with Gasteiger partial charge in [0.2, 0.25) is 12.7 Å². The predicted molar refractivity (Wildman–Crippen MR) is 120 cm³/mol. The van der Waals surface area contributed by atoms with Crippen LogP contribution in [0.25, 0.3) is 11.2 Å². The normalized spacial score (nSPS) is 12.7. The van der Waals surface area contributed by atoms with Crippen molar-refractivity contribution in [2.24, 2.45) is 11.7 Å². The van der Waals surface area contributed by atoms with Gasteiger partial charge in [-0.2, -0.15) is 0 Å². The number of ether oxygens (including phenoxy) is 2. The molecule has 0 atom stereocenters. The van der Waals surface area contributed by atoms with Gasteiger partial charge in [0.05, 0.1) is 0 Å². The summed E-state index contributed by atoms with van der Waals surface area (Å²) in [6.45, 7) is 6.97. The zero-order chi connectivity index (χ0) is 20.9. The lowest BCUT2D eigenvalue weighted by Gasteiger charge is -2.14. The van der Waals surface area contributed by atoms with E-state index in [1.807, 2.05) is 30.3 Å². The number of aromatic nitrogens is 3. The first-order chi connectivity index (χ1) is 14.7. The van der Waals surface area contributed by atoms with Crippen molar-refractivity contribution in [1.29, 1.82) is 0 Å². The molecule has 160 valence electrons. The number of anilines is 3. The summed E-state index contributed by atoms with van der Waals surface area (Å²) in [6.07, 6.45) is 3.15. The summed E-state index contributed by atoms with van der Waals surface area (Å²) < 4.78 is 13.0. The number of hydrogen-bond donors (Lipinski definition) is 3. The van der Waals surface area contributed by atoms with Gasteiger partial charge in [0, 0.05) is 24.8 Å². The molecule has 8 nitrogen and oxygen atoms in total. The van der Waals surface area contributed by atoms with Crippen molar-refractivity contribution in [2.75, 3.05) is 30.5 Å². The minimum Gasteiger partial charge on any atom is -0.454 e. The number of aryl methyl sites for hydroxylation is 1. The van der Waals surface area contributed by atoms with Gasteiger partial charge in [0.15, 0.2) is 17.1 Å². The number of nitrogens with one attached hydrogen (secondary N) is 2. The van der Waals surface area contributed by atoms with E-state index >= 15 is 0 Å². The lowest BCUT2D eigenvalue weighted by Crippen LogP contribution is -2.14. The van der Waals surface area contributed by atoms with E-state index in [2.05, 4.69) is 29.0 Å². The number of fused-ring (bicyclic) bond motifs is 2. The van der Waals surface area contributed by atoms with Crippen LogP contribution in [0.1, 0.15) is 33.1 Å². The number of imidazole rings is 1. The van der Waals surface area contributed by atoms with Gasteiger partial charge in [-0.3, -0.25) is 4.57 Å². The molecule has 0 saturated heterocycles. The van der Waals surface area contributed by atoms with Crippen LogP contribution in [0, 0.1) is 5.92 Å². The third kappa shape index (κ3) is 4.28. The predicted octanol–water partition coefficient (Wildman–Crippen LogP) is 4.10. The molecule has 0 radical (unpaired) electrons. The number of nitrogens with zero attached hydrogens (tertiary/aromatic N) is 3. The standard InChI is InChI=1S/C22H30N6O2/c1-3-15(4-2)13-24-20-9-7-17-21(27-20)28(11-5-10-23)22(26-17)25-16-6-8-18-19(12-16)30-14-29-18/h6-9,12,15H,3-5,10-11,13-14,23H2,1-2H3,(H,24,27)(H,25,26). The van der Waals surface area contributed by atoms with Gasteiger partial charge in [0.1, 0.15) is 11.3 Å². The van der Waals surface area contributed by atoms with Crippen LogP contribution in [0.2, 0.25) is 0 Å². The monoisotopic (exact) mass is 410 g/mol. The van der Waals surface area contributed by atoms with Crippen molar-refractivity contribution in [3.05, 3.63) is 30.3 Å². The smallest absolute Gasteiger partial charge is 0.231 e. The van der Waals surface area contributed by atoms with E-state index in [9.17, 15) is 0 Å². The van der Waals surface area contributed by atoms with Crippen LogP contribution in [0.5, 0.6) is 11.5 Å². The second-order valence-electron chi connectivity index (χ2n) is 7.52. The quantitative estimate of drug-likeness (QED) is 0.463. The Morgan fingerprint density at radius 3 is 2.73 bits per heavy atom. The van der Waals surface area contributed by atoms with Gasteiger partial charge in [0.25, 0.3) is 0 Å². The van der Waals surface area contributed by atoms with Crippen LogP contribution < -0.4 is 25.8 Å². The summed E-state index contributed by atoms with van der Waals surface area (Å²) in [7, 11) is 0. The van der Waals surface area contributed by atoms with Crippen molar-refractivity contribution in [3.63, 3.8) is 0 Å². The van der Waals surface area contributed by atoms with E-state index in [-0.39, 0.29) is 6.79 Å². The van der Waals surface area contributed by atoms with Crippen molar-refractivity contribution >= 4 is 28.6 Å². The van der Waals surface area contributed by atoms with Gasteiger partial charge in [-0.15, -0.1) is 0 Å². The highest BCUT2D eigenvalue weighted by molar-refractivity contribution is 5.78. The molecule has 0 unspecified atom stereocenters. The summed E-state index contributed by atoms with van der Waals surface area (Å²) in [6, 6.07) is 9.79. The van der Waals surface area contributed by atoms with E-state index in [0.29, 0.717) is 12.5 Å². The highest BCUT2D eigenvalue weighted by Gasteiger charge is 2.16. The minimum atomic E-state index is 0.254. The summed E-state index contributed by atoms with van der Waals surface area (Å²) in [5.74, 6) is 3.75. The molecule has 8 heteroatoms. The van der Waals surface area contributed by atoms with Crippen LogP contribution in [0.15, 0.2) is 30.3 Å². The molecule has 3 aromatic rings. The van der Waals surface area contributed by atoms with Gasteiger partial charge < -0.3 is 25.8 Å². The molecule has 0 bridgehead atoms. The first-order valence-electron chi connectivity index (χ1n) is 10.7. The Balaban J connectivity index is 1.61. The van der Waals surface area contributed by atoms with Crippen molar-refractivity contribution < 1.29 is 9.47 Å². The topological polar surface area (TPSA) is 99.3 Å². The van der Waals surface area contributed by atoms with Gasteiger partial charge >= 0.3 is 0 Å². The molecule has 0 fully saturated rings. The third-order valence-corrected chi connectivity index (χ3v) is 5.53. The molecule has 0 spiro atoms. The molecule has 0 saturated carbocycles. The second-order valence-corrected chi connectivity index (χ2v) is 7.52. The molecule has 0 aliphatic carbocycles. The zero-order valence-electron chi connectivity index (χ0n) is 17.6. The van der Waals surface area contributed by atoms with Gasteiger partial charge in [-0.1, -0.05) is 26.7 Å². The van der Waals surface area contributed by atoms with Gasteiger partial charge in [-0.25, -0.2) is 9.97 Å². The molecule has 4 rings (SSSR count). The van der Waals surface area contributed by atoms with E-state index < -0.39 is 0 Å². The summed E-state index contributed by atoms with van der Waals surface area (Å²) in [4.78, 5) is 9.62. The Morgan fingerprint density at radius 1 is 1.10 bits per heavy atom. The fraction of sp³-hybridized carbons (Fsp3) is 0.455. The lowest BCUT2D eigenvalue weighted by atomic mass is 10.0. The Kier molecular flexibility index (Phi) is 6.23. The molecule has 3 heterocycles. The molecule has 1 aliphatic rings. The maximum Gasteiger partial charge on any atom is 0.231 e. The lowest BCUT2D eigenvalue weighted by molar-refractivity contribution is 0.174. The Hall–Kier alpha value is -3.00. The molecular weight excluding hydrogens is 380 g/mol. The second kappa shape index (κ2) is 9.21. The average Bonchev–Trinajstić information content (AvgIpc) is 3.36. The summed E-state index contributed by atoms with van der Waals surface area (Å²) in [5.41, 5.74) is 8.36. The van der Waals surface area contributed by atoms with Gasteiger partial charge in [-0.05, 0) is 43.1 Å². The Bertz CT molecular complexity index is 999. The number of pyridine rings is 1. The number of nitrogens with two attached hydrogens (primary N) is 1.